The number of H-pyrrole nitrogens is 1. The Balaban J connectivity index is 2.23. The van der Waals surface area contributed by atoms with E-state index >= 15 is 0 Å². The number of aryl methyl sites for hydroxylation is 1. The van der Waals surface area contributed by atoms with Crippen LogP contribution in [-0.2, 0) is 6.42 Å². The van der Waals surface area contributed by atoms with E-state index in [-0.39, 0.29) is 0 Å². The molecule has 2 nitrogen and oxygen atoms in total. The van der Waals surface area contributed by atoms with Crippen molar-refractivity contribution in [2.24, 2.45) is 5.73 Å². The second-order valence-electron chi connectivity index (χ2n) is 5.61. The Kier molecular flexibility index (Phi) is 5.63. The van der Waals surface area contributed by atoms with Crippen molar-refractivity contribution in [3.05, 3.63) is 56.0 Å². The number of rotatable bonds is 5. The van der Waals surface area contributed by atoms with Crippen molar-refractivity contribution in [3.8, 4) is 11.3 Å². The van der Waals surface area contributed by atoms with E-state index in [0.29, 0.717) is 26.6 Å². The summed E-state index contributed by atoms with van der Waals surface area (Å²) in [5, 5.41) is 3.12. The first kappa shape index (κ1) is 17.9. The minimum absolute atomic E-state index is 0.513. The van der Waals surface area contributed by atoms with Crippen LogP contribution in [0, 0.1) is 0 Å². The lowest BCUT2D eigenvalue weighted by Gasteiger charge is -2.08. The second kappa shape index (κ2) is 7.55. The highest BCUT2D eigenvalue weighted by Gasteiger charge is 2.18. The van der Waals surface area contributed by atoms with E-state index in [9.17, 15) is 0 Å². The number of nitrogens with two attached hydrogens (primary N) is 1. The molecule has 0 aliphatic heterocycles. The zero-order valence-electron chi connectivity index (χ0n) is 12.8. The van der Waals surface area contributed by atoms with Gasteiger partial charge in [-0.2, -0.15) is 0 Å². The summed E-state index contributed by atoms with van der Waals surface area (Å²) in [5.41, 5.74) is 9.39. The first-order valence-electron chi connectivity index (χ1n) is 7.67. The first-order chi connectivity index (χ1) is 11.5. The zero-order valence-corrected chi connectivity index (χ0v) is 15.8. The van der Waals surface area contributed by atoms with Crippen LogP contribution in [0.1, 0.15) is 18.4 Å². The van der Waals surface area contributed by atoms with Crippen LogP contribution in [0.5, 0.6) is 0 Å². The van der Waals surface area contributed by atoms with Gasteiger partial charge in [0.15, 0.2) is 0 Å². The van der Waals surface area contributed by atoms with Gasteiger partial charge in [-0.25, -0.2) is 0 Å². The summed E-state index contributed by atoms with van der Waals surface area (Å²) in [6, 6.07) is 9.40. The molecule has 0 aliphatic rings. The van der Waals surface area contributed by atoms with Gasteiger partial charge in [-0.1, -0.05) is 64.6 Å². The molecular formula is C18H16Cl4N2. The average molecular weight is 402 g/mol. The fourth-order valence-electron chi connectivity index (χ4n) is 2.89. The SMILES string of the molecule is NCCCCc1c(-c2cccc(Cl)c2Cl)[nH]c2c(Cl)c(Cl)ccc12. The maximum atomic E-state index is 6.43. The van der Waals surface area contributed by atoms with Crippen molar-refractivity contribution >= 4 is 57.3 Å². The maximum absolute atomic E-state index is 6.43. The molecule has 0 amide bonds. The molecule has 0 fully saturated rings. The summed E-state index contributed by atoms with van der Waals surface area (Å²) in [6.07, 6.45) is 2.80. The molecule has 6 heteroatoms. The molecule has 0 bridgehead atoms. The average Bonchev–Trinajstić information content (AvgIpc) is 2.93. The summed E-state index contributed by atoms with van der Waals surface area (Å²) in [6.45, 7) is 0.669. The number of unbranched alkanes of at least 4 members (excludes halogenated alkanes) is 1. The number of halogens is 4. The molecule has 126 valence electrons. The quantitative estimate of drug-likeness (QED) is 0.457. The Morgan fingerprint density at radius 3 is 2.38 bits per heavy atom. The predicted molar refractivity (Wildman–Crippen MR) is 106 cm³/mol. The van der Waals surface area contributed by atoms with Gasteiger partial charge in [0.05, 0.1) is 31.3 Å². The Morgan fingerprint density at radius 2 is 1.62 bits per heavy atom. The highest BCUT2D eigenvalue weighted by Crippen LogP contribution is 2.41. The predicted octanol–water partition coefficient (Wildman–Crippen LogP) is 6.73. The molecule has 0 saturated heterocycles. The lowest BCUT2D eigenvalue weighted by atomic mass is 10.0. The molecule has 0 spiro atoms. The third-order valence-electron chi connectivity index (χ3n) is 4.07. The molecule has 1 heterocycles. The minimum atomic E-state index is 0.513. The highest BCUT2D eigenvalue weighted by atomic mass is 35.5. The molecule has 0 aliphatic carbocycles. The van der Waals surface area contributed by atoms with Crippen LogP contribution >= 0.6 is 46.4 Å². The smallest absolute Gasteiger partial charge is 0.0833 e. The largest absolute Gasteiger partial charge is 0.353 e. The lowest BCUT2D eigenvalue weighted by Crippen LogP contribution is -1.99. The second-order valence-corrected chi connectivity index (χ2v) is 7.18. The zero-order chi connectivity index (χ0) is 17.3. The van der Waals surface area contributed by atoms with Crippen LogP contribution in [0.25, 0.3) is 22.2 Å². The first-order valence-corrected chi connectivity index (χ1v) is 9.18. The van der Waals surface area contributed by atoms with Crippen LogP contribution in [0.4, 0.5) is 0 Å². The maximum Gasteiger partial charge on any atom is 0.0833 e. The van der Waals surface area contributed by atoms with Gasteiger partial charge < -0.3 is 10.7 Å². The summed E-state index contributed by atoms with van der Waals surface area (Å²) in [7, 11) is 0. The standard InChI is InChI=1S/C18H16Cl4N2/c19-13-6-3-5-12(15(13)21)17-10(4-1-2-9-23)11-7-8-14(20)16(22)18(11)24-17/h3,5-8,24H,1-2,4,9,23H2. The number of benzene rings is 2. The van der Waals surface area contributed by atoms with E-state index in [2.05, 4.69) is 4.98 Å². The molecule has 2 aromatic carbocycles. The molecule has 0 unspecified atom stereocenters. The Bertz CT molecular complexity index is 886. The molecule has 1 aromatic heterocycles. The van der Waals surface area contributed by atoms with E-state index < -0.39 is 0 Å². The fraction of sp³-hybridized carbons (Fsp3) is 0.222. The monoisotopic (exact) mass is 400 g/mol. The number of hydrogen-bond acceptors (Lipinski definition) is 1. The van der Waals surface area contributed by atoms with Crippen molar-refractivity contribution in [1.82, 2.24) is 4.98 Å². The van der Waals surface area contributed by atoms with Gasteiger partial charge in [-0.05, 0) is 43.5 Å². The van der Waals surface area contributed by atoms with E-state index in [4.69, 9.17) is 52.1 Å². The van der Waals surface area contributed by atoms with Crippen LogP contribution < -0.4 is 5.73 Å². The van der Waals surface area contributed by atoms with Crippen LogP contribution in [0.3, 0.4) is 0 Å². The van der Waals surface area contributed by atoms with E-state index in [1.54, 1.807) is 6.07 Å². The Morgan fingerprint density at radius 1 is 0.875 bits per heavy atom. The van der Waals surface area contributed by atoms with Crippen LogP contribution in [0.2, 0.25) is 20.1 Å². The third-order valence-corrected chi connectivity index (χ3v) is 5.70. The van der Waals surface area contributed by atoms with Crippen LogP contribution in [-0.4, -0.2) is 11.5 Å². The molecule has 0 atom stereocenters. The molecular weight excluding hydrogens is 386 g/mol. The summed E-state index contributed by atoms with van der Waals surface area (Å²) >= 11 is 25.2. The number of aromatic amines is 1. The van der Waals surface area contributed by atoms with Crippen molar-refractivity contribution in [2.45, 2.75) is 19.3 Å². The van der Waals surface area contributed by atoms with Crippen LogP contribution in [0.15, 0.2) is 30.3 Å². The van der Waals surface area contributed by atoms with Crippen molar-refractivity contribution < 1.29 is 0 Å². The van der Waals surface area contributed by atoms with Gasteiger partial charge in [0, 0.05) is 10.9 Å². The summed E-state index contributed by atoms with van der Waals surface area (Å²) in [4.78, 5) is 3.39. The van der Waals surface area contributed by atoms with E-state index in [0.717, 1.165) is 47.0 Å². The lowest BCUT2D eigenvalue weighted by molar-refractivity contribution is 0.748. The number of fused-ring (bicyclic) bond motifs is 1. The highest BCUT2D eigenvalue weighted by molar-refractivity contribution is 6.45. The van der Waals surface area contributed by atoms with E-state index in [1.165, 1.54) is 0 Å². The molecule has 24 heavy (non-hydrogen) atoms. The Hall–Kier alpha value is -0.900. The Labute approximate surface area is 160 Å². The van der Waals surface area contributed by atoms with Gasteiger partial charge in [-0.3, -0.25) is 0 Å². The van der Waals surface area contributed by atoms with Crippen molar-refractivity contribution in [3.63, 3.8) is 0 Å². The minimum Gasteiger partial charge on any atom is -0.353 e. The van der Waals surface area contributed by atoms with Crippen molar-refractivity contribution in [2.75, 3.05) is 6.54 Å². The van der Waals surface area contributed by atoms with Gasteiger partial charge in [0.25, 0.3) is 0 Å². The van der Waals surface area contributed by atoms with Crippen molar-refractivity contribution in [1.29, 1.82) is 0 Å². The molecule has 3 aromatic rings. The topological polar surface area (TPSA) is 41.8 Å². The van der Waals surface area contributed by atoms with Gasteiger partial charge in [0.2, 0.25) is 0 Å². The molecule has 3 N–H and O–H groups in total. The summed E-state index contributed by atoms with van der Waals surface area (Å²) < 4.78 is 0. The number of aromatic nitrogens is 1. The number of nitrogens with one attached hydrogen (secondary N) is 1. The van der Waals surface area contributed by atoms with E-state index in [1.807, 2.05) is 24.3 Å². The molecule has 3 rings (SSSR count). The van der Waals surface area contributed by atoms with Gasteiger partial charge in [0.1, 0.15) is 0 Å². The van der Waals surface area contributed by atoms with Gasteiger partial charge in [-0.15, -0.1) is 0 Å². The normalized spacial score (nSPS) is 11.4. The third kappa shape index (κ3) is 3.26. The van der Waals surface area contributed by atoms with Gasteiger partial charge >= 0.3 is 0 Å². The fourth-order valence-corrected chi connectivity index (χ4v) is 3.66. The molecule has 0 radical (unpaired) electrons. The number of hydrogen-bond donors (Lipinski definition) is 2. The summed E-state index contributed by atoms with van der Waals surface area (Å²) in [5.74, 6) is 0. The molecule has 0 saturated carbocycles.